The number of para-hydroxylation sites is 1. The molecule has 0 saturated carbocycles. The topological polar surface area (TPSA) is 85.0 Å². The minimum absolute atomic E-state index is 0.0170. The molecule has 0 spiro atoms. The SMILES string of the molecule is N#C/C(=C/c1cn(-c2ccccc2)nc1-c1ccc(OCc2ccccc2)cc1)S(=O)(=O)c1ccc(Cl)cc1. The second-order valence-corrected chi connectivity index (χ2v) is 10.9. The van der Waals surface area contributed by atoms with E-state index in [4.69, 9.17) is 21.4 Å². The van der Waals surface area contributed by atoms with Gasteiger partial charge in [0.25, 0.3) is 0 Å². The highest BCUT2D eigenvalue weighted by molar-refractivity contribution is 7.95. The van der Waals surface area contributed by atoms with Gasteiger partial charge in [-0.25, -0.2) is 13.1 Å². The van der Waals surface area contributed by atoms with Gasteiger partial charge in [-0.1, -0.05) is 60.1 Å². The quantitative estimate of drug-likeness (QED) is 0.192. The predicted molar refractivity (Wildman–Crippen MR) is 152 cm³/mol. The largest absolute Gasteiger partial charge is 0.489 e. The molecule has 0 radical (unpaired) electrons. The van der Waals surface area contributed by atoms with Crippen LogP contribution in [0.15, 0.2) is 125 Å². The molecule has 6 nitrogen and oxygen atoms in total. The molecule has 0 atom stereocenters. The van der Waals surface area contributed by atoms with Gasteiger partial charge in [-0.2, -0.15) is 10.4 Å². The summed E-state index contributed by atoms with van der Waals surface area (Å²) >= 11 is 5.92. The molecule has 0 saturated heterocycles. The maximum absolute atomic E-state index is 13.3. The number of nitrogens with zero attached hydrogens (tertiary/aromatic N) is 3. The summed E-state index contributed by atoms with van der Waals surface area (Å²) in [5.41, 5.74) is 3.59. The summed E-state index contributed by atoms with van der Waals surface area (Å²) in [4.78, 5) is -0.418. The summed E-state index contributed by atoms with van der Waals surface area (Å²) in [6.07, 6.45) is 3.06. The van der Waals surface area contributed by atoms with E-state index in [1.807, 2.05) is 91.0 Å². The van der Waals surface area contributed by atoms with Crippen molar-refractivity contribution in [3.8, 4) is 28.8 Å². The Balaban J connectivity index is 1.52. The molecule has 0 fully saturated rings. The average Bonchev–Trinajstić information content (AvgIpc) is 3.40. The molecule has 0 N–H and O–H groups in total. The number of aromatic nitrogens is 2. The first kappa shape index (κ1) is 26.0. The lowest BCUT2D eigenvalue weighted by Gasteiger charge is -2.07. The van der Waals surface area contributed by atoms with Crippen LogP contribution in [0, 0.1) is 11.3 Å². The standard InChI is InChI=1S/C31H22ClN3O3S/c32-26-13-17-29(18-14-26)39(36,37)30(20-33)19-25-21-35(27-9-5-2-6-10-27)34-31(25)24-11-15-28(16-12-24)38-22-23-7-3-1-4-8-23/h1-19,21H,22H2/b30-19-. The van der Waals surface area contributed by atoms with E-state index < -0.39 is 14.7 Å². The third kappa shape index (κ3) is 5.93. The molecule has 1 aromatic heterocycles. The number of ether oxygens (including phenoxy) is 1. The maximum atomic E-state index is 13.3. The Bertz CT molecular complexity index is 1760. The van der Waals surface area contributed by atoms with Gasteiger partial charge in [-0.15, -0.1) is 0 Å². The van der Waals surface area contributed by atoms with Crippen LogP contribution in [0.3, 0.4) is 0 Å². The van der Waals surface area contributed by atoms with Crippen LogP contribution in [0.4, 0.5) is 0 Å². The Hall–Kier alpha value is -4.64. The fraction of sp³-hybridized carbons (Fsp3) is 0.0323. The lowest BCUT2D eigenvalue weighted by Crippen LogP contribution is -2.03. The van der Waals surface area contributed by atoms with Crippen molar-refractivity contribution < 1.29 is 13.2 Å². The van der Waals surface area contributed by atoms with Crippen LogP contribution in [0.1, 0.15) is 11.1 Å². The number of rotatable bonds is 8. The molecule has 0 unspecified atom stereocenters. The maximum Gasteiger partial charge on any atom is 0.216 e. The summed E-state index contributed by atoms with van der Waals surface area (Å²) in [7, 11) is -4.08. The van der Waals surface area contributed by atoms with Gasteiger partial charge in [0.15, 0.2) is 0 Å². The molecule has 0 aliphatic rings. The molecule has 1 heterocycles. The van der Waals surface area contributed by atoms with Crippen LogP contribution in [-0.4, -0.2) is 18.2 Å². The third-order valence-corrected chi connectivity index (χ3v) is 7.88. The van der Waals surface area contributed by atoms with Crippen molar-refractivity contribution in [1.29, 1.82) is 5.26 Å². The minimum atomic E-state index is -4.08. The molecule has 0 bridgehead atoms. The number of nitriles is 1. The summed E-state index contributed by atoms with van der Waals surface area (Å²) in [6.45, 7) is 0.435. The van der Waals surface area contributed by atoms with Crippen molar-refractivity contribution in [2.24, 2.45) is 0 Å². The van der Waals surface area contributed by atoms with E-state index in [1.54, 1.807) is 10.9 Å². The number of halogens is 1. The molecule has 0 amide bonds. The molecule has 0 aliphatic carbocycles. The third-order valence-electron chi connectivity index (χ3n) is 5.95. The zero-order valence-electron chi connectivity index (χ0n) is 20.6. The zero-order valence-corrected chi connectivity index (χ0v) is 22.2. The second kappa shape index (κ2) is 11.4. The smallest absolute Gasteiger partial charge is 0.216 e. The average molecular weight is 552 g/mol. The molecule has 39 heavy (non-hydrogen) atoms. The monoisotopic (exact) mass is 551 g/mol. The fourth-order valence-electron chi connectivity index (χ4n) is 3.93. The van der Waals surface area contributed by atoms with E-state index >= 15 is 0 Å². The Morgan fingerprint density at radius 3 is 2.18 bits per heavy atom. The van der Waals surface area contributed by atoms with Crippen LogP contribution < -0.4 is 4.74 Å². The van der Waals surface area contributed by atoms with Gasteiger partial charge in [0.2, 0.25) is 9.84 Å². The number of hydrogen-bond donors (Lipinski definition) is 0. The first-order valence-corrected chi connectivity index (χ1v) is 13.8. The molecule has 8 heteroatoms. The Morgan fingerprint density at radius 2 is 1.54 bits per heavy atom. The highest BCUT2D eigenvalue weighted by Crippen LogP contribution is 2.30. The van der Waals surface area contributed by atoms with E-state index in [1.165, 1.54) is 30.3 Å². The number of allylic oxidation sites excluding steroid dienone is 1. The summed E-state index contributed by atoms with van der Waals surface area (Å²) in [5.74, 6) is 0.685. The fourth-order valence-corrected chi connectivity index (χ4v) is 5.21. The normalized spacial score (nSPS) is 11.6. The summed E-state index contributed by atoms with van der Waals surface area (Å²) in [6, 6.07) is 34.3. The highest BCUT2D eigenvalue weighted by atomic mass is 35.5. The van der Waals surface area contributed by atoms with Gasteiger partial charge in [-0.3, -0.25) is 0 Å². The van der Waals surface area contributed by atoms with E-state index in [-0.39, 0.29) is 4.90 Å². The summed E-state index contributed by atoms with van der Waals surface area (Å²) < 4.78 is 34.1. The molecule has 5 rings (SSSR count). The van der Waals surface area contributed by atoms with E-state index in [9.17, 15) is 13.7 Å². The van der Waals surface area contributed by atoms with Crippen LogP contribution in [0.5, 0.6) is 5.75 Å². The zero-order chi connectivity index (χ0) is 27.2. The van der Waals surface area contributed by atoms with Crippen molar-refractivity contribution in [1.82, 2.24) is 9.78 Å². The Kier molecular flexibility index (Phi) is 7.60. The molecule has 5 aromatic rings. The number of benzene rings is 4. The van der Waals surface area contributed by atoms with Crippen LogP contribution in [-0.2, 0) is 16.4 Å². The predicted octanol–water partition coefficient (Wildman–Crippen LogP) is 7.11. The van der Waals surface area contributed by atoms with E-state index in [2.05, 4.69) is 0 Å². The van der Waals surface area contributed by atoms with Gasteiger partial charge in [0.05, 0.1) is 10.6 Å². The highest BCUT2D eigenvalue weighted by Gasteiger charge is 2.22. The first-order chi connectivity index (χ1) is 18.9. The van der Waals surface area contributed by atoms with Crippen molar-refractivity contribution in [2.75, 3.05) is 0 Å². The van der Waals surface area contributed by atoms with E-state index in [0.717, 1.165) is 16.8 Å². The van der Waals surface area contributed by atoms with Crippen molar-refractivity contribution in [2.45, 2.75) is 11.5 Å². The van der Waals surface area contributed by atoms with Gasteiger partial charge < -0.3 is 4.74 Å². The van der Waals surface area contributed by atoms with Crippen molar-refractivity contribution in [3.63, 3.8) is 0 Å². The number of sulfone groups is 1. The first-order valence-electron chi connectivity index (χ1n) is 12.0. The van der Waals surface area contributed by atoms with Gasteiger partial charge in [0, 0.05) is 22.3 Å². The molecular formula is C31H22ClN3O3S. The molecule has 192 valence electrons. The summed E-state index contributed by atoms with van der Waals surface area (Å²) in [5, 5.41) is 15.0. The van der Waals surface area contributed by atoms with E-state index in [0.29, 0.717) is 28.6 Å². The lowest BCUT2D eigenvalue weighted by molar-refractivity contribution is 0.306. The molecule has 0 aliphatic heterocycles. The van der Waals surface area contributed by atoms with Crippen LogP contribution in [0.2, 0.25) is 5.02 Å². The van der Waals surface area contributed by atoms with Crippen molar-refractivity contribution in [3.05, 3.63) is 136 Å². The van der Waals surface area contributed by atoms with Gasteiger partial charge in [-0.05, 0) is 72.3 Å². The number of hydrogen-bond acceptors (Lipinski definition) is 5. The van der Waals surface area contributed by atoms with Crippen LogP contribution in [0.25, 0.3) is 23.0 Å². The molecular weight excluding hydrogens is 530 g/mol. The van der Waals surface area contributed by atoms with Gasteiger partial charge in [0.1, 0.15) is 29.0 Å². The Morgan fingerprint density at radius 1 is 0.897 bits per heavy atom. The Labute approximate surface area is 231 Å². The van der Waals surface area contributed by atoms with Crippen LogP contribution >= 0.6 is 11.6 Å². The second-order valence-electron chi connectivity index (χ2n) is 8.59. The minimum Gasteiger partial charge on any atom is -0.489 e. The molecule has 4 aromatic carbocycles. The van der Waals surface area contributed by atoms with Crippen molar-refractivity contribution >= 4 is 27.5 Å². The lowest BCUT2D eigenvalue weighted by atomic mass is 10.1. The van der Waals surface area contributed by atoms with Gasteiger partial charge >= 0.3 is 0 Å².